The van der Waals surface area contributed by atoms with Crippen molar-refractivity contribution >= 4 is 5.91 Å². The summed E-state index contributed by atoms with van der Waals surface area (Å²) in [5.41, 5.74) is 3.48. The minimum absolute atomic E-state index is 0.129. The average Bonchev–Trinajstić information content (AvgIpc) is 2.79. The maximum absolute atomic E-state index is 12.3. The van der Waals surface area contributed by atoms with Gasteiger partial charge in [-0.25, -0.2) is 0 Å². The largest absolute Gasteiger partial charge is 0.360 e. The van der Waals surface area contributed by atoms with Gasteiger partial charge in [-0.2, -0.15) is 0 Å². The van der Waals surface area contributed by atoms with Crippen LogP contribution in [0, 0.1) is 13.8 Å². The van der Waals surface area contributed by atoms with Gasteiger partial charge in [0.2, 0.25) is 0 Å². The minimum atomic E-state index is -0.129. The first-order valence-corrected chi connectivity index (χ1v) is 6.79. The Kier molecular flexibility index (Phi) is 4.23. The van der Waals surface area contributed by atoms with Gasteiger partial charge >= 0.3 is 0 Å². The van der Waals surface area contributed by atoms with Crippen molar-refractivity contribution < 1.29 is 9.32 Å². The van der Waals surface area contributed by atoms with Gasteiger partial charge in [0.1, 0.15) is 5.56 Å². The van der Waals surface area contributed by atoms with E-state index in [1.165, 1.54) is 5.56 Å². The third-order valence-electron chi connectivity index (χ3n) is 3.34. The normalized spacial score (nSPS) is 10.8. The van der Waals surface area contributed by atoms with Crippen molar-refractivity contribution in [2.24, 2.45) is 0 Å². The van der Waals surface area contributed by atoms with Gasteiger partial charge in [-0.3, -0.25) is 4.79 Å². The molecule has 2 aromatic rings. The molecule has 1 aromatic carbocycles. The predicted molar refractivity (Wildman–Crippen MR) is 77.7 cm³/mol. The number of carbonyl (C=O) groups is 1. The summed E-state index contributed by atoms with van der Waals surface area (Å²) in [6.07, 6.45) is 0. The van der Waals surface area contributed by atoms with Gasteiger partial charge in [-0.1, -0.05) is 43.3 Å². The first kappa shape index (κ1) is 14.3. The second-order valence-electron chi connectivity index (χ2n) is 5.27. The molecule has 20 heavy (non-hydrogen) atoms. The standard InChI is InChI=1S/C16H20N2O2/c1-10(2)15-14(12(4)18-20-15)16(19)17-9-13-8-6-5-7-11(13)3/h5-8,10H,9H2,1-4H3,(H,17,19). The van der Waals surface area contributed by atoms with E-state index in [1.807, 2.05) is 45.0 Å². The van der Waals surface area contributed by atoms with Crippen molar-refractivity contribution in [1.82, 2.24) is 10.5 Å². The monoisotopic (exact) mass is 272 g/mol. The molecule has 106 valence electrons. The number of aromatic nitrogens is 1. The van der Waals surface area contributed by atoms with E-state index in [0.717, 1.165) is 5.56 Å². The lowest BCUT2D eigenvalue weighted by Crippen LogP contribution is -2.24. The molecule has 0 aliphatic heterocycles. The van der Waals surface area contributed by atoms with Gasteiger partial charge in [0.05, 0.1) is 5.69 Å². The summed E-state index contributed by atoms with van der Waals surface area (Å²) in [7, 11) is 0. The second-order valence-corrected chi connectivity index (χ2v) is 5.27. The Morgan fingerprint density at radius 1 is 1.30 bits per heavy atom. The van der Waals surface area contributed by atoms with Gasteiger partial charge in [0.25, 0.3) is 5.91 Å². The van der Waals surface area contributed by atoms with Gasteiger partial charge in [0.15, 0.2) is 5.76 Å². The van der Waals surface area contributed by atoms with E-state index in [1.54, 1.807) is 6.92 Å². The lowest BCUT2D eigenvalue weighted by Gasteiger charge is -2.09. The van der Waals surface area contributed by atoms with E-state index >= 15 is 0 Å². The number of carbonyl (C=O) groups excluding carboxylic acids is 1. The van der Waals surface area contributed by atoms with E-state index < -0.39 is 0 Å². The zero-order valence-electron chi connectivity index (χ0n) is 12.4. The number of nitrogens with one attached hydrogen (secondary N) is 1. The average molecular weight is 272 g/mol. The maximum Gasteiger partial charge on any atom is 0.257 e. The molecule has 1 N–H and O–H groups in total. The van der Waals surface area contributed by atoms with Crippen LogP contribution >= 0.6 is 0 Å². The zero-order chi connectivity index (χ0) is 14.7. The number of rotatable bonds is 4. The van der Waals surface area contributed by atoms with Crippen LogP contribution in [0.1, 0.15) is 52.7 Å². The number of aryl methyl sites for hydroxylation is 2. The van der Waals surface area contributed by atoms with E-state index in [2.05, 4.69) is 10.5 Å². The van der Waals surface area contributed by atoms with Crippen LogP contribution in [0.25, 0.3) is 0 Å². The van der Waals surface area contributed by atoms with Crippen LogP contribution in [0.3, 0.4) is 0 Å². The molecule has 4 nitrogen and oxygen atoms in total. The summed E-state index contributed by atoms with van der Waals surface area (Å²) in [5, 5.41) is 6.83. The van der Waals surface area contributed by atoms with E-state index in [-0.39, 0.29) is 11.8 Å². The van der Waals surface area contributed by atoms with Crippen LogP contribution in [-0.4, -0.2) is 11.1 Å². The van der Waals surface area contributed by atoms with Gasteiger partial charge in [0, 0.05) is 12.5 Å². The molecule has 1 heterocycles. The predicted octanol–water partition coefficient (Wildman–Crippen LogP) is 3.34. The second kappa shape index (κ2) is 5.90. The summed E-state index contributed by atoms with van der Waals surface area (Å²) >= 11 is 0. The number of amides is 1. The highest BCUT2D eigenvalue weighted by Crippen LogP contribution is 2.22. The van der Waals surface area contributed by atoms with Crippen LogP contribution in [0.2, 0.25) is 0 Å². The van der Waals surface area contributed by atoms with Crippen LogP contribution in [-0.2, 0) is 6.54 Å². The summed E-state index contributed by atoms with van der Waals surface area (Å²) in [6, 6.07) is 8.01. The molecule has 1 aromatic heterocycles. The number of hydrogen-bond donors (Lipinski definition) is 1. The van der Waals surface area contributed by atoms with Gasteiger partial charge in [-0.05, 0) is 25.0 Å². The Hall–Kier alpha value is -2.10. The molecule has 0 radical (unpaired) electrons. The lowest BCUT2D eigenvalue weighted by atomic mass is 10.0. The van der Waals surface area contributed by atoms with E-state index in [4.69, 9.17) is 4.52 Å². The summed E-state index contributed by atoms with van der Waals surface area (Å²) in [6.45, 7) is 8.30. The van der Waals surface area contributed by atoms with Crippen molar-refractivity contribution in [1.29, 1.82) is 0 Å². The van der Waals surface area contributed by atoms with Gasteiger partial charge in [-0.15, -0.1) is 0 Å². The fourth-order valence-corrected chi connectivity index (χ4v) is 2.13. The van der Waals surface area contributed by atoms with E-state index in [9.17, 15) is 4.79 Å². The fourth-order valence-electron chi connectivity index (χ4n) is 2.13. The van der Waals surface area contributed by atoms with Crippen molar-refractivity contribution in [2.75, 3.05) is 0 Å². The maximum atomic E-state index is 12.3. The first-order chi connectivity index (χ1) is 9.50. The molecule has 1 amide bonds. The van der Waals surface area contributed by atoms with Crippen LogP contribution in [0.4, 0.5) is 0 Å². The molecule has 0 saturated heterocycles. The summed E-state index contributed by atoms with van der Waals surface area (Å²) < 4.78 is 5.24. The highest BCUT2D eigenvalue weighted by atomic mass is 16.5. The Balaban J connectivity index is 2.13. The quantitative estimate of drug-likeness (QED) is 0.928. The Labute approximate surface area is 119 Å². The Bertz CT molecular complexity index is 615. The first-order valence-electron chi connectivity index (χ1n) is 6.79. The SMILES string of the molecule is Cc1ccccc1CNC(=O)c1c(C)noc1C(C)C. The van der Waals surface area contributed by atoms with Crippen LogP contribution < -0.4 is 5.32 Å². The molecular formula is C16H20N2O2. The van der Waals surface area contributed by atoms with Crippen molar-refractivity contribution in [3.63, 3.8) is 0 Å². The third-order valence-corrected chi connectivity index (χ3v) is 3.34. The van der Waals surface area contributed by atoms with Gasteiger partial charge < -0.3 is 9.84 Å². The third kappa shape index (κ3) is 2.90. The molecule has 0 bridgehead atoms. The van der Waals surface area contributed by atoms with Crippen molar-refractivity contribution in [2.45, 2.75) is 40.2 Å². The molecule has 2 rings (SSSR count). The number of nitrogens with zero attached hydrogens (tertiary/aromatic N) is 1. The molecule has 0 aliphatic carbocycles. The molecule has 0 atom stereocenters. The number of benzene rings is 1. The van der Waals surface area contributed by atoms with Crippen molar-refractivity contribution in [3.05, 3.63) is 52.4 Å². The minimum Gasteiger partial charge on any atom is -0.360 e. The summed E-state index contributed by atoms with van der Waals surface area (Å²) in [4.78, 5) is 12.3. The molecule has 0 fully saturated rings. The highest BCUT2D eigenvalue weighted by molar-refractivity contribution is 5.96. The van der Waals surface area contributed by atoms with Crippen LogP contribution in [0.5, 0.6) is 0 Å². The molecule has 4 heteroatoms. The molecule has 0 spiro atoms. The smallest absolute Gasteiger partial charge is 0.257 e. The van der Waals surface area contributed by atoms with E-state index in [0.29, 0.717) is 23.6 Å². The molecular weight excluding hydrogens is 252 g/mol. The topological polar surface area (TPSA) is 55.1 Å². The fraction of sp³-hybridized carbons (Fsp3) is 0.375. The summed E-state index contributed by atoms with van der Waals surface area (Å²) in [5.74, 6) is 0.649. The number of hydrogen-bond acceptors (Lipinski definition) is 3. The Morgan fingerprint density at radius 2 is 2.00 bits per heavy atom. The molecule has 0 aliphatic rings. The molecule has 0 saturated carbocycles. The molecule has 0 unspecified atom stereocenters. The zero-order valence-corrected chi connectivity index (χ0v) is 12.4. The van der Waals surface area contributed by atoms with Crippen LogP contribution in [0.15, 0.2) is 28.8 Å². The van der Waals surface area contributed by atoms with Crippen molar-refractivity contribution in [3.8, 4) is 0 Å². The lowest BCUT2D eigenvalue weighted by molar-refractivity contribution is 0.0948. The highest BCUT2D eigenvalue weighted by Gasteiger charge is 2.22. The Morgan fingerprint density at radius 3 is 2.65 bits per heavy atom.